The molecule has 0 radical (unpaired) electrons. The molecule has 0 bridgehead atoms. The zero-order chi connectivity index (χ0) is 26.1. The van der Waals surface area contributed by atoms with E-state index < -0.39 is 5.97 Å². The fourth-order valence-corrected chi connectivity index (χ4v) is 6.10. The number of carboxylic acid groups (broad SMARTS) is 1. The van der Waals surface area contributed by atoms with Crippen LogP contribution in [0.2, 0.25) is 0 Å². The van der Waals surface area contributed by atoms with E-state index >= 15 is 0 Å². The molecule has 2 heterocycles. The number of fused-ring (bicyclic) bond motifs is 2. The fraction of sp³-hybridized carbons (Fsp3) is 0.121. The van der Waals surface area contributed by atoms with Crippen LogP contribution in [0.5, 0.6) is 5.75 Å². The maximum absolute atomic E-state index is 12.3. The number of aryl methyl sites for hydroxylation is 2. The van der Waals surface area contributed by atoms with E-state index in [9.17, 15) is 9.90 Å². The SMILES string of the molecule is Cc1cccc(-c2cccs2)c1-c1cccc2c(CCCOc3cccc4ccccc34)c(C(=O)O)[nH]c12. The van der Waals surface area contributed by atoms with Crippen LogP contribution in [0.3, 0.4) is 0 Å². The number of aromatic amines is 1. The average Bonchev–Trinajstić information content (AvgIpc) is 3.60. The quantitative estimate of drug-likeness (QED) is 0.198. The van der Waals surface area contributed by atoms with Gasteiger partial charge in [-0.1, -0.05) is 78.9 Å². The summed E-state index contributed by atoms with van der Waals surface area (Å²) in [6.07, 6.45) is 1.30. The summed E-state index contributed by atoms with van der Waals surface area (Å²) in [6.45, 7) is 2.61. The van der Waals surface area contributed by atoms with E-state index in [1.807, 2.05) is 36.4 Å². The van der Waals surface area contributed by atoms with E-state index in [1.165, 1.54) is 4.88 Å². The molecule has 4 aromatic carbocycles. The van der Waals surface area contributed by atoms with Crippen molar-refractivity contribution in [2.75, 3.05) is 6.61 Å². The highest BCUT2D eigenvalue weighted by Crippen LogP contribution is 2.41. The molecule has 188 valence electrons. The van der Waals surface area contributed by atoms with Crippen molar-refractivity contribution >= 4 is 39.0 Å². The van der Waals surface area contributed by atoms with Crippen molar-refractivity contribution in [1.29, 1.82) is 0 Å². The number of aromatic nitrogens is 1. The Morgan fingerprint density at radius 1 is 0.868 bits per heavy atom. The first kappa shape index (κ1) is 24.0. The second-order valence-electron chi connectivity index (χ2n) is 9.42. The molecule has 6 rings (SSSR count). The Morgan fingerprint density at radius 2 is 1.63 bits per heavy atom. The van der Waals surface area contributed by atoms with E-state index in [4.69, 9.17) is 4.74 Å². The van der Waals surface area contributed by atoms with Crippen molar-refractivity contribution in [1.82, 2.24) is 4.98 Å². The number of thiophene rings is 1. The predicted octanol–water partition coefficient (Wildman–Crippen LogP) is 8.73. The van der Waals surface area contributed by atoms with Crippen molar-refractivity contribution < 1.29 is 14.6 Å². The lowest BCUT2D eigenvalue weighted by Crippen LogP contribution is -2.04. The summed E-state index contributed by atoms with van der Waals surface area (Å²) in [5.74, 6) is -0.0937. The van der Waals surface area contributed by atoms with E-state index in [0.29, 0.717) is 19.4 Å². The Kier molecular flexibility index (Phi) is 6.44. The molecular formula is C33H27NO3S. The molecule has 0 aliphatic carbocycles. The minimum Gasteiger partial charge on any atom is -0.493 e. The number of nitrogens with one attached hydrogen (secondary N) is 1. The summed E-state index contributed by atoms with van der Waals surface area (Å²) >= 11 is 1.71. The Labute approximate surface area is 225 Å². The summed E-state index contributed by atoms with van der Waals surface area (Å²) in [6, 6.07) is 30.8. The number of H-pyrrole nitrogens is 1. The molecule has 0 amide bonds. The molecule has 0 aliphatic heterocycles. The third kappa shape index (κ3) is 4.35. The van der Waals surface area contributed by atoms with Gasteiger partial charge in [-0.15, -0.1) is 11.3 Å². The van der Waals surface area contributed by atoms with Gasteiger partial charge in [0.2, 0.25) is 0 Å². The zero-order valence-electron chi connectivity index (χ0n) is 21.0. The Bertz CT molecular complexity index is 1760. The highest BCUT2D eigenvalue weighted by Gasteiger charge is 2.21. The largest absolute Gasteiger partial charge is 0.493 e. The van der Waals surface area contributed by atoms with Crippen molar-refractivity contribution in [3.05, 3.63) is 113 Å². The lowest BCUT2D eigenvalue weighted by molar-refractivity contribution is 0.0690. The zero-order valence-corrected chi connectivity index (χ0v) is 21.8. The molecular weight excluding hydrogens is 490 g/mol. The van der Waals surface area contributed by atoms with Crippen LogP contribution in [0.25, 0.3) is 43.2 Å². The molecule has 0 aliphatic rings. The molecule has 2 aromatic heterocycles. The third-order valence-corrected chi connectivity index (χ3v) is 7.97. The average molecular weight is 518 g/mol. The van der Waals surface area contributed by atoms with Crippen LogP contribution in [0.4, 0.5) is 0 Å². The molecule has 0 saturated carbocycles. The summed E-state index contributed by atoms with van der Waals surface area (Å²) in [5.41, 5.74) is 6.39. The number of aromatic carboxylic acids is 1. The molecule has 0 atom stereocenters. The van der Waals surface area contributed by atoms with Crippen LogP contribution >= 0.6 is 11.3 Å². The maximum atomic E-state index is 12.3. The minimum atomic E-state index is -0.944. The minimum absolute atomic E-state index is 0.254. The van der Waals surface area contributed by atoms with Gasteiger partial charge in [-0.2, -0.15) is 0 Å². The number of benzene rings is 4. The van der Waals surface area contributed by atoms with E-state index in [2.05, 4.69) is 71.9 Å². The van der Waals surface area contributed by atoms with Crippen molar-refractivity contribution in [3.63, 3.8) is 0 Å². The lowest BCUT2D eigenvalue weighted by atomic mass is 9.92. The molecule has 0 fully saturated rings. The molecule has 0 saturated heterocycles. The molecule has 0 spiro atoms. The first-order valence-corrected chi connectivity index (χ1v) is 13.6. The molecule has 6 aromatic rings. The van der Waals surface area contributed by atoms with Crippen molar-refractivity contribution in [2.24, 2.45) is 0 Å². The fourth-order valence-electron chi connectivity index (χ4n) is 5.34. The molecule has 0 unspecified atom stereocenters. The number of ether oxygens (including phenoxy) is 1. The number of rotatable bonds is 8. The monoisotopic (exact) mass is 517 g/mol. The number of carboxylic acids is 1. The van der Waals surface area contributed by atoms with Gasteiger partial charge >= 0.3 is 5.97 Å². The van der Waals surface area contributed by atoms with Gasteiger partial charge in [-0.3, -0.25) is 0 Å². The normalized spacial score (nSPS) is 11.3. The van der Waals surface area contributed by atoms with Gasteiger partial charge in [0.25, 0.3) is 0 Å². The second-order valence-corrected chi connectivity index (χ2v) is 10.4. The number of hydrogen-bond acceptors (Lipinski definition) is 3. The van der Waals surface area contributed by atoms with Gasteiger partial charge in [-0.05, 0) is 64.9 Å². The second kappa shape index (κ2) is 10.2. The first-order chi connectivity index (χ1) is 18.6. The van der Waals surface area contributed by atoms with Crippen LogP contribution in [0.1, 0.15) is 28.0 Å². The topological polar surface area (TPSA) is 62.3 Å². The smallest absolute Gasteiger partial charge is 0.352 e. The Morgan fingerprint density at radius 3 is 2.47 bits per heavy atom. The number of para-hydroxylation sites is 1. The van der Waals surface area contributed by atoms with Crippen molar-refractivity contribution in [3.8, 4) is 27.3 Å². The number of hydrogen-bond donors (Lipinski definition) is 2. The van der Waals surface area contributed by atoms with Crippen LogP contribution < -0.4 is 4.74 Å². The summed E-state index contributed by atoms with van der Waals surface area (Å²) in [4.78, 5) is 16.8. The van der Waals surface area contributed by atoms with Crippen LogP contribution in [0.15, 0.2) is 96.4 Å². The van der Waals surface area contributed by atoms with Gasteiger partial charge in [0.05, 0.1) is 12.1 Å². The number of carbonyl (C=O) groups is 1. The third-order valence-electron chi connectivity index (χ3n) is 7.06. The van der Waals surface area contributed by atoms with Crippen LogP contribution in [0, 0.1) is 6.92 Å². The van der Waals surface area contributed by atoms with Gasteiger partial charge in [-0.25, -0.2) is 4.79 Å². The highest BCUT2D eigenvalue weighted by molar-refractivity contribution is 7.13. The standard InChI is InChI=1S/C33H27NO3S/c1-21-9-4-14-26(29-18-8-20-38-29)30(21)27-15-6-13-24-25(32(33(35)36)34-31(24)27)16-7-19-37-28-17-5-11-22-10-2-3-12-23(22)28/h2-6,8-15,17-18,20,34H,7,16,19H2,1H3,(H,35,36). The molecule has 38 heavy (non-hydrogen) atoms. The molecule has 4 nitrogen and oxygen atoms in total. The predicted molar refractivity (Wildman–Crippen MR) is 157 cm³/mol. The van der Waals surface area contributed by atoms with Gasteiger partial charge in [0.1, 0.15) is 11.4 Å². The summed E-state index contributed by atoms with van der Waals surface area (Å²) < 4.78 is 6.14. The lowest BCUT2D eigenvalue weighted by Gasteiger charge is -2.13. The highest BCUT2D eigenvalue weighted by atomic mass is 32.1. The van der Waals surface area contributed by atoms with Gasteiger partial charge < -0.3 is 14.8 Å². The maximum Gasteiger partial charge on any atom is 0.352 e. The van der Waals surface area contributed by atoms with Gasteiger partial charge in [0.15, 0.2) is 0 Å². The Hall–Kier alpha value is -4.35. The van der Waals surface area contributed by atoms with Crippen LogP contribution in [-0.4, -0.2) is 22.7 Å². The first-order valence-electron chi connectivity index (χ1n) is 12.7. The summed E-state index contributed by atoms with van der Waals surface area (Å²) in [7, 11) is 0. The van der Waals surface area contributed by atoms with E-state index in [-0.39, 0.29) is 5.69 Å². The van der Waals surface area contributed by atoms with E-state index in [1.54, 1.807) is 11.3 Å². The molecule has 5 heteroatoms. The van der Waals surface area contributed by atoms with Crippen molar-refractivity contribution in [2.45, 2.75) is 19.8 Å². The molecule has 2 N–H and O–H groups in total. The summed E-state index contributed by atoms with van der Waals surface area (Å²) in [5, 5.41) is 15.3. The van der Waals surface area contributed by atoms with Crippen LogP contribution in [-0.2, 0) is 6.42 Å². The van der Waals surface area contributed by atoms with E-state index in [0.717, 1.165) is 55.2 Å². The van der Waals surface area contributed by atoms with Gasteiger partial charge in [0, 0.05) is 21.2 Å². The Balaban J connectivity index is 1.34.